The zero-order valence-corrected chi connectivity index (χ0v) is 20.3. The lowest BCUT2D eigenvalue weighted by atomic mass is 10.1. The van der Waals surface area contributed by atoms with Gasteiger partial charge in [-0.3, -0.25) is 9.10 Å². The summed E-state index contributed by atoms with van der Waals surface area (Å²) in [6, 6.07) is 6.58. The third-order valence-corrected chi connectivity index (χ3v) is 6.69. The van der Waals surface area contributed by atoms with Crippen LogP contribution in [0, 0.1) is 6.92 Å². The second-order valence-electron chi connectivity index (χ2n) is 8.20. The maximum absolute atomic E-state index is 13.7. The van der Waals surface area contributed by atoms with E-state index >= 15 is 0 Å². The fourth-order valence-corrected chi connectivity index (χ4v) is 4.09. The van der Waals surface area contributed by atoms with Gasteiger partial charge < -0.3 is 16.0 Å². The van der Waals surface area contributed by atoms with Crippen LogP contribution in [0.1, 0.15) is 22.3 Å². The van der Waals surface area contributed by atoms with E-state index in [1.807, 2.05) is 0 Å². The van der Waals surface area contributed by atoms with Gasteiger partial charge in [0.05, 0.1) is 12.7 Å². The molecule has 0 atom stereocenters. The second kappa shape index (κ2) is 9.26. The topological polar surface area (TPSA) is 129 Å². The van der Waals surface area contributed by atoms with Gasteiger partial charge in [0.1, 0.15) is 17.2 Å². The summed E-state index contributed by atoms with van der Waals surface area (Å²) in [6.07, 6.45) is -1.50. The lowest BCUT2D eigenvalue weighted by molar-refractivity contribution is -0.137. The molecule has 2 aromatic heterocycles. The lowest BCUT2D eigenvalue weighted by Gasteiger charge is -2.20. The van der Waals surface area contributed by atoms with Crippen LogP contribution in [0.25, 0.3) is 0 Å². The number of anilines is 5. The number of halogens is 3. The zero-order valence-electron chi connectivity index (χ0n) is 19.4. The van der Waals surface area contributed by atoms with Crippen LogP contribution in [0.3, 0.4) is 0 Å². The molecule has 1 amide bonds. The Morgan fingerprint density at radius 1 is 1.22 bits per heavy atom. The molecule has 3 N–H and O–H groups in total. The van der Waals surface area contributed by atoms with E-state index in [1.54, 1.807) is 31.2 Å². The summed E-state index contributed by atoms with van der Waals surface area (Å²) in [5.74, 6) is -0.654. The highest BCUT2D eigenvalue weighted by molar-refractivity contribution is 7.92. The quantitative estimate of drug-likeness (QED) is 0.431. The second-order valence-corrected chi connectivity index (χ2v) is 10.2. The fourth-order valence-electron chi connectivity index (χ4n) is 3.61. The van der Waals surface area contributed by atoms with Crippen molar-refractivity contribution in [1.82, 2.24) is 15.0 Å². The fraction of sp³-hybridized carbons (Fsp3) is 0.273. The SMILES string of the molecule is Cc1cc2c(cc1Nc1ncc(C(F)(F)F)c(NCc3cccnc3N(C)S(C)(=O)=O)n1)CC(=O)N2. The van der Waals surface area contributed by atoms with Gasteiger partial charge in [-0.2, -0.15) is 18.2 Å². The first-order valence-electron chi connectivity index (χ1n) is 10.6. The van der Waals surface area contributed by atoms with Crippen molar-refractivity contribution >= 4 is 44.9 Å². The van der Waals surface area contributed by atoms with E-state index < -0.39 is 27.6 Å². The van der Waals surface area contributed by atoms with Crippen molar-refractivity contribution < 1.29 is 26.4 Å². The molecule has 3 aromatic rings. The number of aryl methyl sites for hydroxylation is 1. The molecule has 4 rings (SSSR count). The van der Waals surface area contributed by atoms with Crippen LogP contribution in [0.15, 0.2) is 36.7 Å². The number of aromatic nitrogens is 3. The number of pyridine rings is 1. The predicted molar refractivity (Wildman–Crippen MR) is 129 cm³/mol. The minimum absolute atomic E-state index is 0.0744. The summed E-state index contributed by atoms with van der Waals surface area (Å²) in [6.45, 7) is 1.59. The highest BCUT2D eigenvalue weighted by atomic mass is 32.2. The molecule has 10 nitrogen and oxygen atoms in total. The van der Waals surface area contributed by atoms with Crippen molar-refractivity contribution in [2.45, 2.75) is 26.1 Å². The predicted octanol–water partition coefficient (Wildman–Crippen LogP) is 3.44. The van der Waals surface area contributed by atoms with Gasteiger partial charge in [0.25, 0.3) is 0 Å². The average Bonchev–Trinajstić information content (AvgIpc) is 3.15. The molecular weight excluding hydrogens is 499 g/mol. The summed E-state index contributed by atoms with van der Waals surface area (Å²) < 4.78 is 65.8. The number of amides is 1. The molecule has 0 spiro atoms. The third-order valence-electron chi connectivity index (χ3n) is 5.53. The van der Waals surface area contributed by atoms with Crippen LogP contribution in [-0.2, 0) is 34.0 Å². The molecule has 0 aliphatic carbocycles. The Morgan fingerprint density at radius 2 is 1.97 bits per heavy atom. The Kier molecular flexibility index (Phi) is 6.47. The lowest BCUT2D eigenvalue weighted by Crippen LogP contribution is -2.27. The number of hydrogen-bond acceptors (Lipinski definition) is 8. The molecule has 0 fully saturated rings. The monoisotopic (exact) mass is 521 g/mol. The maximum Gasteiger partial charge on any atom is 0.421 e. The smallest absolute Gasteiger partial charge is 0.365 e. The largest absolute Gasteiger partial charge is 0.421 e. The van der Waals surface area contributed by atoms with Crippen molar-refractivity contribution in [2.24, 2.45) is 0 Å². The summed E-state index contributed by atoms with van der Waals surface area (Å²) in [5.41, 5.74) is 1.97. The Bertz CT molecular complexity index is 1450. The molecule has 14 heteroatoms. The number of hydrogen-bond donors (Lipinski definition) is 3. The van der Waals surface area contributed by atoms with Crippen LogP contribution in [-0.4, -0.2) is 42.6 Å². The first-order valence-corrected chi connectivity index (χ1v) is 12.4. The van der Waals surface area contributed by atoms with Gasteiger partial charge in [0.2, 0.25) is 21.9 Å². The Labute approximate surface area is 205 Å². The van der Waals surface area contributed by atoms with Crippen LogP contribution in [0.2, 0.25) is 0 Å². The number of carbonyl (C=O) groups excluding carboxylic acids is 1. The molecule has 1 aliphatic heterocycles. The van der Waals surface area contributed by atoms with E-state index in [1.165, 1.54) is 13.2 Å². The van der Waals surface area contributed by atoms with Crippen molar-refractivity contribution in [3.63, 3.8) is 0 Å². The first-order chi connectivity index (χ1) is 16.8. The molecule has 0 saturated carbocycles. The summed E-state index contributed by atoms with van der Waals surface area (Å²) >= 11 is 0. The number of nitrogens with zero attached hydrogens (tertiary/aromatic N) is 4. The molecule has 0 saturated heterocycles. The van der Waals surface area contributed by atoms with Gasteiger partial charge in [0, 0.05) is 42.9 Å². The third kappa shape index (κ3) is 5.32. The molecule has 3 heterocycles. The van der Waals surface area contributed by atoms with Crippen molar-refractivity contribution in [3.05, 3.63) is 58.9 Å². The highest BCUT2D eigenvalue weighted by Gasteiger charge is 2.35. The zero-order chi connectivity index (χ0) is 26.3. The number of nitrogens with one attached hydrogen (secondary N) is 3. The highest BCUT2D eigenvalue weighted by Crippen LogP contribution is 2.35. The average molecular weight is 522 g/mol. The molecule has 0 radical (unpaired) electrons. The molecule has 0 unspecified atom stereocenters. The van der Waals surface area contributed by atoms with Gasteiger partial charge >= 0.3 is 6.18 Å². The van der Waals surface area contributed by atoms with Crippen LogP contribution < -0.4 is 20.3 Å². The summed E-state index contributed by atoms with van der Waals surface area (Å²) in [5, 5.41) is 8.30. The number of alkyl halides is 3. The maximum atomic E-state index is 13.7. The number of carbonyl (C=O) groups is 1. The minimum atomic E-state index is -4.74. The molecule has 36 heavy (non-hydrogen) atoms. The Balaban J connectivity index is 1.64. The van der Waals surface area contributed by atoms with Crippen molar-refractivity contribution in [2.75, 3.05) is 33.6 Å². The van der Waals surface area contributed by atoms with E-state index in [9.17, 15) is 26.4 Å². The molecule has 1 aliphatic rings. The first kappa shape index (κ1) is 25.2. The van der Waals surface area contributed by atoms with Crippen LogP contribution in [0.4, 0.5) is 42.1 Å². The van der Waals surface area contributed by atoms with Crippen LogP contribution in [0.5, 0.6) is 0 Å². The van der Waals surface area contributed by atoms with E-state index in [0.29, 0.717) is 23.1 Å². The Hall–Kier alpha value is -3.94. The Morgan fingerprint density at radius 3 is 2.67 bits per heavy atom. The normalized spacial score (nSPS) is 13.2. The van der Waals surface area contributed by atoms with E-state index in [2.05, 4.69) is 30.9 Å². The van der Waals surface area contributed by atoms with E-state index in [0.717, 1.165) is 21.7 Å². The summed E-state index contributed by atoms with van der Waals surface area (Å²) in [4.78, 5) is 23.6. The van der Waals surface area contributed by atoms with Gasteiger partial charge in [-0.05, 0) is 36.2 Å². The van der Waals surface area contributed by atoms with Gasteiger partial charge in [-0.15, -0.1) is 0 Å². The van der Waals surface area contributed by atoms with E-state index in [-0.39, 0.29) is 30.6 Å². The van der Waals surface area contributed by atoms with Crippen molar-refractivity contribution in [1.29, 1.82) is 0 Å². The van der Waals surface area contributed by atoms with Gasteiger partial charge in [0.15, 0.2) is 0 Å². The van der Waals surface area contributed by atoms with Gasteiger partial charge in [-0.25, -0.2) is 18.4 Å². The van der Waals surface area contributed by atoms with Crippen LogP contribution >= 0.6 is 0 Å². The van der Waals surface area contributed by atoms with Gasteiger partial charge in [-0.1, -0.05) is 6.07 Å². The number of rotatable bonds is 7. The standard InChI is InChI=1S/C22H22F3N7O3S/c1-12-7-17-14(9-18(33)29-17)8-16(12)30-21-28-11-15(22(23,24)25)19(31-21)27-10-13-5-4-6-26-20(13)32(2)36(3,34)35/h4-8,11H,9-10H2,1-3H3,(H,29,33)(H2,27,28,30,31). The molecule has 190 valence electrons. The minimum Gasteiger partial charge on any atom is -0.365 e. The molecule has 1 aromatic carbocycles. The number of sulfonamides is 1. The van der Waals surface area contributed by atoms with Crippen molar-refractivity contribution in [3.8, 4) is 0 Å². The summed E-state index contributed by atoms with van der Waals surface area (Å²) in [7, 11) is -2.34. The van der Waals surface area contributed by atoms with E-state index in [4.69, 9.17) is 0 Å². The number of fused-ring (bicyclic) bond motifs is 1. The molecular formula is C22H22F3N7O3S. The molecule has 0 bridgehead atoms. The number of benzene rings is 1.